The van der Waals surface area contributed by atoms with E-state index < -0.39 is 10.0 Å². The number of nitrogens with one attached hydrogen (secondary N) is 2. The van der Waals surface area contributed by atoms with Crippen molar-refractivity contribution in [1.29, 1.82) is 0 Å². The summed E-state index contributed by atoms with van der Waals surface area (Å²) in [6.45, 7) is 4.02. The topological polar surface area (TPSA) is 93.3 Å². The molecule has 0 spiro atoms. The number of benzene rings is 1. The van der Waals surface area contributed by atoms with Gasteiger partial charge in [-0.3, -0.25) is 4.72 Å². The molecule has 8 heteroatoms. The molecule has 2 N–H and O–H groups in total. The number of nitrogens with zero attached hydrogens (tertiary/aromatic N) is 1. The number of anilines is 1. The molecule has 1 heterocycles. The number of aromatic amines is 1. The summed E-state index contributed by atoms with van der Waals surface area (Å²) in [4.78, 5) is 6.31. The predicted molar refractivity (Wildman–Crippen MR) is 82.0 cm³/mol. The van der Waals surface area contributed by atoms with Crippen molar-refractivity contribution in [3.05, 3.63) is 42.2 Å². The second-order valence-corrected chi connectivity index (χ2v) is 6.05. The van der Waals surface area contributed by atoms with Gasteiger partial charge in [-0.25, -0.2) is 4.98 Å². The molecular weight excluding hydrogens is 306 g/mol. The third-order valence-electron chi connectivity index (χ3n) is 2.75. The molecule has 0 aliphatic carbocycles. The number of sulfonamides is 1. The van der Waals surface area contributed by atoms with Gasteiger partial charge >= 0.3 is 0 Å². The highest BCUT2D eigenvalue weighted by molar-refractivity contribution is 7.92. The highest BCUT2D eigenvalue weighted by atomic mass is 32.2. The van der Waals surface area contributed by atoms with Crippen molar-refractivity contribution in [1.82, 2.24) is 9.97 Å². The lowest BCUT2D eigenvalue weighted by Gasteiger charge is -2.08. The lowest BCUT2D eigenvalue weighted by Crippen LogP contribution is -2.14. The summed E-state index contributed by atoms with van der Waals surface area (Å²) in [6.07, 6.45) is 2.84. The quantitative estimate of drug-likeness (QED) is 0.685. The maximum Gasteiger partial charge on any atom is 0.295 e. The summed E-state index contributed by atoms with van der Waals surface area (Å²) in [6, 6.07) is 7.03. The number of ether oxygens (including phenoxy) is 2. The molecule has 7 nitrogen and oxygen atoms in total. The van der Waals surface area contributed by atoms with Gasteiger partial charge in [0.05, 0.1) is 19.8 Å². The standard InChI is InChI=1S/C14H19N3O4S/c1-2-20-8-9-21-11-12-4-3-5-13(10-12)17-22(18,19)14-15-6-7-16-14/h3-7,10,17H,2,8-9,11H2,1H3,(H,15,16). The average Bonchev–Trinajstić information content (AvgIpc) is 3.02. The summed E-state index contributed by atoms with van der Waals surface area (Å²) >= 11 is 0. The first kappa shape index (κ1) is 16.5. The van der Waals surface area contributed by atoms with Gasteiger partial charge in [-0.1, -0.05) is 12.1 Å². The van der Waals surface area contributed by atoms with Crippen LogP contribution in [0.3, 0.4) is 0 Å². The lowest BCUT2D eigenvalue weighted by molar-refractivity contribution is 0.0453. The first-order valence-corrected chi connectivity index (χ1v) is 8.37. The van der Waals surface area contributed by atoms with E-state index in [9.17, 15) is 8.42 Å². The Balaban J connectivity index is 1.94. The number of rotatable bonds is 9. The largest absolute Gasteiger partial charge is 0.379 e. The third-order valence-corrected chi connectivity index (χ3v) is 3.99. The molecule has 2 aromatic rings. The second-order valence-electron chi connectivity index (χ2n) is 4.45. The van der Waals surface area contributed by atoms with Crippen LogP contribution in [0.25, 0.3) is 0 Å². The third kappa shape index (κ3) is 4.83. The minimum atomic E-state index is -3.70. The molecule has 0 bridgehead atoms. The number of hydrogen-bond acceptors (Lipinski definition) is 5. The molecule has 0 aliphatic heterocycles. The minimum absolute atomic E-state index is 0.120. The normalized spacial score (nSPS) is 11.5. The van der Waals surface area contributed by atoms with E-state index >= 15 is 0 Å². The van der Waals surface area contributed by atoms with Gasteiger partial charge in [-0.15, -0.1) is 0 Å². The summed E-state index contributed by atoms with van der Waals surface area (Å²) < 4.78 is 37.2. The van der Waals surface area contributed by atoms with Crippen LogP contribution in [0.4, 0.5) is 5.69 Å². The van der Waals surface area contributed by atoms with Crippen LogP contribution < -0.4 is 4.72 Å². The fraction of sp³-hybridized carbons (Fsp3) is 0.357. The molecule has 22 heavy (non-hydrogen) atoms. The maximum atomic E-state index is 12.1. The van der Waals surface area contributed by atoms with Gasteiger partial charge in [0.15, 0.2) is 0 Å². The predicted octanol–water partition coefficient (Wildman–Crippen LogP) is 1.76. The van der Waals surface area contributed by atoms with Crippen molar-refractivity contribution in [2.45, 2.75) is 18.7 Å². The average molecular weight is 325 g/mol. The molecule has 0 radical (unpaired) electrons. The van der Waals surface area contributed by atoms with Crippen LogP contribution in [0.2, 0.25) is 0 Å². The zero-order valence-corrected chi connectivity index (χ0v) is 13.1. The van der Waals surface area contributed by atoms with Gasteiger partial charge < -0.3 is 14.5 Å². The summed E-state index contributed by atoms with van der Waals surface area (Å²) in [7, 11) is -3.70. The summed E-state index contributed by atoms with van der Waals surface area (Å²) in [5.74, 6) is 0. The van der Waals surface area contributed by atoms with E-state index in [0.29, 0.717) is 32.1 Å². The Morgan fingerprint density at radius 3 is 2.82 bits per heavy atom. The Labute approximate surface area is 129 Å². The van der Waals surface area contributed by atoms with Crippen LogP contribution >= 0.6 is 0 Å². The van der Waals surface area contributed by atoms with Gasteiger partial charge in [-0.2, -0.15) is 8.42 Å². The first-order chi connectivity index (χ1) is 10.6. The van der Waals surface area contributed by atoms with Crippen LogP contribution in [0.5, 0.6) is 0 Å². The molecule has 2 rings (SSSR count). The molecule has 0 unspecified atom stereocenters. The van der Waals surface area contributed by atoms with Gasteiger partial charge in [0.1, 0.15) is 0 Å². The molecule has 0 saturated carbocycles. The van der Waals surface area contributed by atoms with Crippen molar-refractivity contribution in [3.63, 3.8) is 0 Å². The molecule has 0 atom stereocenters. The lowest BCUT2D eigenvalue weighted by atomic mass is 10.2. The van der Waals surface area contributed by atoms with E-state index in [1.54, 1.807) is 18.2 Å². The van der Waals surface area contributed by atoms with E-state index in [-0.39, 0.29) is 5.16 Å². The number of aromatic nitrogens is 2. The molecule has 1 aromatic carbocycles. The molecule has 0 aliphatic rings. The van der Waals surface area contributed by atoms with E-state index in [2.05, 4.69) is 14.7 Å². The first-order valence-electron chi connectivity index (χ1n) is 6.88. The van der Waals surface area contributed by atoms with E-state index in [4.69, 9.17) is 9.47 Å². The number of imidazole rings is 1. The Hall–Kier alpha value is -1.90. The number of H-pyrrole nitrogens is 1. The van der Waals surface area contributed by atoms with Crippen molar-refractivity contribution < 1.29 is 17.9 Å². The monoisotopic (exact) mass is 325 g/mol. The van der Waals surface area contributed by atoms with Crippen LogP contribution in [-0.4, -0.2) is 38.2 Å². The van der Waals surface area contributed by atoms with Crippen molar-refractivity contribution in [3.8, 4) is 0 Å². The Morgan fingerprint density at radius 2 is 2.09 bits per heavy atom. The van der Waals surface area contributed by atoms with Gasteiger partial charge in [-0.05, 0) is 24.6 Å². The zero-order valence-electron chi connectivity index (χ0n) is 12.3. The van der Waals surface area contributed by atoms with E-state index in [1.807, 2.05) is 13.0 Å². The maximum absolute atomic E-state index is 12.1. The highest BCUT2D eigenvalue weighted by Gasteiger charge is 2.16. The smallest absolute Gasteiger partial charge is 0.295 e. The highest BCUT2D eigenvalue weighted by Crippen LogP contribution is 2.15. The van der Waals surface area contributed by atoms with Crippen molar-refractivity contribution in [2.24, 2.45) is 0 Å². The fourth-order valence-corrected chi connectivity index (χ4v) is 2.73. The Morgan fingerprint density at radius 1 is 1.27 bits per heavy atom. The molecule has 1 aromatic heterocycles. The molecular formula is C14H19N3O4S. The van der Waals surface area contributed by atoms with Crippen molar-refractivity contribution >= 4 is 15.7 Å². The fourth-order valence-electron chi connectivity index (χ4n) is 1.78. The second kappa shape index (κ2) is 7.92. The van der Waals surface area contributed by atoms with E-state index in [1.165, 1.54) is 12.4 Å². The van der Waals surface area contributed by atoms with Crippen LogP contribution in [0.1, 0.15) is 12.5 Å². The SMILES string of the molecule is CCOCCOCc1cccc(NS(=O)(=O)c2ncc[nH]2)c1. The van der Waals surface area contributed by atoms with Gasteiger partial charge in [0.25, 0.3) is 10.0 Å². The van der Waals surface area contributed by atoms with Gasteiger partial charge in [0.2, 0.25) is 5.16 Å². The molecule has 120 valence electrons. The summed E-state index contributed by atoms with van der Waals surface area (Å²) in [5.41, 5.74) is 1.33. The summed E-state index contributed by atoms with van der Waals surface area (Å²) in [5, 5.41) is -0.120. The van der Waals surface area contributed by atoms with Crippen LogP contribution in [0.15, 0.2) is 41.8 Å². The Bertz CT molecular complexity index is 671. The van der Waals surface area contributed by atoms with E-state index in [0.717, 1.165) is 5.56 Å². The molecule has 0 fully saturated rings. The Kier molecular flexibility index (Phi) is 5.93. The molecule has 0 saturated heterocycles. The zero-order chi connectivity index (χ0) is 15.8. The van der Waals surface area contributed by atoms with Gasteiger partial charge in [0, 0.05) is 24.7 Å². The number of hydrogen-bond donors (Lipinski definition) is 2. The van der Waals surface area contributed by atoms with Crippen LogP contribution in [0, 0.1) is 0 Å². The molecule has 0 amide bonds. The minimum Gasteiger partial charge on any atom is -0.379 e. The van der Waals surface area contributed by atoms with Crippen LogP contribution in [-0.2, 0) is 26.1 Å². The van der Waals surface area contributed by atoms with Crippen molar-refractivity contribution in [2.75, 3.05) is 24.5 Å².